The van der Waals surface area contributed by atoms with Gasteiger partial charge in [-0.1, -0.05) is 43.2 Å². The molecule has 0 bridgehead atoms. The van der Waals surface area contributed by atoms with Crippen LogP contribution in [-0.4, -0.2) is 49.7 Å². The van der Waals surface area contributed by atoms with Crippen LogP contribution in [0, 0.1) is 0 Å². The highest BCUT2D eigenvalue weighted by Gasteiger charge is 2.36. The zero-order valence-electron chi connectivity index (χ0n) is 14.1. The van der Waals surface area contributed by atoms with Gasteiger partial charge in [0.05, 0.1) is 19.3 Å². The SMILES string of the molecule is C[C@@H](C(=O)NCC1(c2ccccc2)CCCC1)N1CCOCC1. The van der Waals surface area contributed by atoms with Crippen LogP contribution < -0.4 is 5.32 Å². The number of ether oxygens (including phenoxy) is 1. The number of morpholine rings is 1. The number of hydrogen-bond acceptors (Lipinski definition) is 3. The van der Waals surface area contributed by atoms with Gasteiger partial charge in [-0.25, -0.2) is 0 Å². The molecule has 1 saturated heterocycles. The van der Waals surface area contributed by atoms with Crippen molar-refractivity contribution in [3.05, 3.63) is 35.9 Å². The molecule has 0 spiro atoms. The van der Waals surface area contributed by atoms with Gasteiger partial charge >= 0.3 is 0 Å². The van der Waals surface area contributed by atoms with Crippen molar-refractivity contribution in [1.29, 1.82) is 0 Å². The summed E-state index contributed by atoms with van der Waals surface area (Å²) >= 11 is 0. The molecule has 23 heavy (non-hydrogen) atoms. The highest BCUT2D eigenvalue weighted by atomic mass is 16.5. The second-order valence-electron chi connectivity index (χ2n) is 6.90. The number of nitrogens with zero attached hydrogens (tertiary/aromatic N) is 1. The fourth-order valence-corrected chi connectivity index (χ4v) is 3.95. The molecule has 4 nitrogen and oxygen atoms in total. The van der Waals surface area contributed by atoms with Gasteiger partial charge in [0.2, 0.25) is 5.91 Å². The fourth-order valence-electron chi connectivity index (χ4n) is 3.95. The van der Waals surface area contributed by atoms with E-state index in [0.717, 1.165) is 32.8 Å². The molecule has 1 heterocycles. The van der Waals surface area contributed by atoms with E-state index in [1.165, 1.54) is 31.2 Å². The van der Waals surface area contributed by atoms with Gasteiger partial charge in [-0.3, -0.25) is 9.69 Å². The summed E-state index contributed by atoms with van der Waals surface area (Å²) in [4.78, 5) is 14.8. The van der Waals surface area contributed by atoms with Gasteiger partial charge in [-0.2, -0.15) is 0 Å². The summed E-state index contributed by atoms with van der Waals surface area (Å²) in [5.41, 5.74) is 1.50. The van der Waals surface area contributed by atoms with Gasteiger partial charge in [0, 0.05) is 25.0 Å². The van der Waals surface area contributed by atoms with Crippen LogP contribution in [0.15, 0.2) is 30.3 Å². The molecule has 1 aliphatic heterocycles. The van der Waals surface area contributed by atoms with Gasteiger partial charge < -0.3 is 10.1 Å². The van der Waals surface area contributed by atoms with Crippen molar-refractivity contribution in [3.8, 4) is 0 Å². The predicted octanol–water partition coefficient (Wildman–Crippen LogP) is 2.34. The maximum Gasteiger partial charge on any atom is 0.237 e. The molecule has 0 unspecified atom stereocenters. The monoisotopic (exact) mass is 316 g/mol. The largest absolute Gasteiger partial charge is 0.379 e. The zero-order valence-corrected chi connectivity index (χ0v) is 14.1. The van der Waals surface area contributed by atoms with E-state index in [2.05, 4.69) is 40.5 Å². The number of benzene rings is 1. The summed E-state index contributed by atoms with van der Waals surface area (Å²) in [5.74, 6) is 0.147. The van der Waals surface area contributed by atoms with Crippen molar-refractivity contribution in [2.45, 2.75) is 44.1 Å². The summed E-state index contributed by atoms with van der Waals surface area (Å²) in [6, 6.07) is 10.6. The first-order valence-electron chi connectivity index (χ1n) is 8.86. The number of hydrogen-bond donors (Lipinski definition) is 1. The van der Waals surface area contributed by atoms with E-state index < -0.39 is 0 Å². The van der Waals surface area contributed by atoms with Crippen molar-refractivity contribution in [2.24, 2.45) is 0 Å². The summed E-state index contributed by atoms with van der Waals surface area (Å²) < 4.78 is 5.37. The maximum atomic E-state index is 12.6. The van der Waals surface area contributed by atoms with Crippen LogP contribution in [0.4, 0.5) is 0 Å². The van der Waals surface area contributed by atoms with E-state index in [-0.39, 0.29) is 17.4 Å². The lowest BCUT2D eigenvalue weighted by atomic mass is 9.79. The Balaban J connectivity index is 1.62. The minimum atomic E-state index is -0.0758. The van der Waals surface area contributed by atoms with Crippen molar-refractivity contribution in [1.82, 2.24) is 10.2 Å². The highest BCUT2D eigenvalue weighted by Crippen LogP contribution is 2.40. The second-order valence-corrected chi connectivity index (χ2v) is 6.90. The Morgan fingerprint density at radius 2 is 1.87 bits per heavy atom. The molecule has 2 aliphatic rings. The fraction of sp³-hybridized carbons (Fsp3) is 0.632. The number of carbonyl (C=O) groups is 1. The Kier molecular flexibility index (Phi) is 5.34. The molecule has 1 atom stereocenters. The van der Waals surface area contributed by atoms with Gasteiger partial charge in [-0.05, 0) is 25.3 Å². The first-order valence-corrected chi connectivity index (χ1v) is 8.86. The van der Waals surface area contributed by atoms with Crippen molar-refractivity contribution in [2.75, 3.05) is 32.8 Å². The second kappa shape index (κ2) is 7.45. The Labute approximate surface area is 139 Å². The van der Waals surface area contributed by atoms with E-state index >= 15 is 0 Å². The Bertz CT molecular complexity index is 505. The van der Waals surface area contributed by atoms with Crippen LogP contribution in [-0.2, 0) is 14.9 Å². The van der Waals surface area contributed by atoms with Gasteiger partial charge in [0.15, 0.2) is 0 Å². The number of carbonyl (C=O) groups excluding carboxylic acids is 1. The van der Waals surface area contributed by atoms with Crippen LogP contribution >= 0.6 is 0 Å². The standard InChI is InChI=1S/C19H28N2O2/c1-16(21-11-13-23-14-12-21)18(22)20-15-19(9-5-6-10-19)17-7-3-2-4-8-17/h2-4,7-8,16H,5-6,9-15H2,1H3,(H,20,22)/t16-/m0/s1. The quantitative estimate of drug-likeness (QED) is 0.906. The minimum absolute atomic E-state index is 0.0758. The molecular formula is C19H28N2O2. The third-order valence-corrected chi connectivity index (χ3v) is 5.52. The molecule has 1 N–H and O–H groups in total. The van der Waals surface area contributed by atoms with Crippen LogP contribution in [0.25, 0.3) is 0 Å². The minimum Gasteiger partial charge on any atom is -0.379 e. The van der Waals surface area contributed by atoms with E-state index in [1.807, 2.05) is 6.92 Å². The van der Waals surface area contributed by atoms with Crippen LogP contribution in [0.3, 0.4) is 0 Å². The number of nitrogens with one attached hydrogen (secondary N) is 1. The third kappa shape index (κ3) is 3.75. The molecule has 3 rings (SSSR count). The lowest BCUT2D eigenvalue weighted by molar-refractivity contribution is -0.127. The lowest BCUT2D eigenvalue weighted by Crippen LogP contribution is -2.51. The summed E-state index contributed by atoms with van der Waals surface area (Å²) in [7, 11) is 0. The molecule has 1 aromatic rings. The van der Waals surface area contributed by atoms with Crippen molar-refractivity contribution in [3.63, 3.8) is 0 Å². The molecule has 1 aliphatic carbocycles. The zero-order chi connectivity index (χ0) is 16.1. The Morgan fingerprint density at radius 3 is 2.52 bits per heavy atom. The topological polar surface area (TPSA) is 41.6 Å². The van der Waals surface area contributed by atoms with Gasteiger partial charge in [0.25, 0.3) is 0 Å². The Hall–Kier alpha value is -1.39. The van der Waals surface area contributed by atoms with E-state index in [4.69, 9.17) is 4.74 Å². The average Bonchev–Trinajstić information content (AvgIpc) is 3.11. The average molecular weight is 316 g/mol. The summed E-state index contributed by atoms with van der Waals surface area (Å²) in [5, 5.41) is 3.24. The molecule has 1 amide bonds. The molecule has 1 aromatic carbocycles. The van der Waals surface area contributed by atoms with Crippen molar-refractivity contribution < 1.29 is 9.53 Å². The number of amides is 1. The molecule has 0 aromatic heterocycles. The molecule has 2 fully saturated rings. The van der Waals surface area contributed by atoms with E-state index in [9.17, 15) is 4.79 Å². The van der Waals surface area contributed by atoms with Crippen LogP contribution in [0.1, 0.15) is 38.2 Å². The van der Waals surface area contributed by atoms with Crippen LogP contribution in [0.2, 0.25) is 0 Å². The highest BCUT2D eigenvalue weighted by molar-refractivity contribution is 5.81. The summed E-state index contributed by atoms with van der Waals surface area (Å²) in [6.45, 7) is 5.91. The molecule has 4 heteroatoms. The maximum absolute atomic E-state index is 12.6. The first kappa shape index (κ1) is 16.5. The smallest absolute Gasteiger partial charge is 0.237 e. The Morgan fingerprint density at radius 1 is 1.22 bits per heavy atom. The van der Waals surface area contributed by atoms with Crippen molar-refractivity contribution >= 4 is 5.91 Å². The normalized spacial score (nSPS) is 22.7. The van der Waals surface area contributed by atoms with Crippen LogP contribution in [0.5, 0.6) is 0 Å². The van der Waals surface area contributed by atoms with Gasteiger partial charge in [-0.15, -0.1) is 0 Å². The predicted molar refractivity (Wildman–Crippen MR) is 91.5 cm³/mol. The summed E-state index contributed by atoms with van der Waals surface area (Å²) in [6.07, 6.45) is 4.85. The molecule has 126 valence electrons. The van der Waals surface area contributed by atoms with Gasteiger partial charge in [0.1, 0.15) is 0 Å². The third-order valence-electron chi connectivity index (χ3n) is 5.52. The molecule has 1 saturated carbocycles. The first-order chi connectivity index (χ1) is 11.2. The lowest BCUT2D eigenvalue weighted by Gasteiger charge is -2.34. The molecular weight excluding hydrogens is 288 g/mol. The number of rotatable bonds is 5. The van der Waals surface area contributed by atoms with E-state index in [0.29, 0.717) is 0 Å². The van der Waals surface area contributed by atoms with E-state index in [1.54, 1.807) is 0 Å². The molecule has 0 radical (unpaired) electrons.